The summed E-state index contributed by atoms with van der Waals surface area (Å²) in [5.74, 6) is -3.22. The fourth-order valence-corrected chi connectivity index (χ4v) is 3.40. The van der Waals surface area contributed by atoms with E-state index in [0.717, 1.165) is 5.56 Å². The van der Waals surface area contributed by atoms with Gasteiger partial charge in [0.1, 0.15) is 18.1 Å². The number of carbonyl (C=O) groups is 4. The van der Waals surface area contributed by atoms with Gasteiger partial charge in [-0.3, -0.25) is 14.4 Å². The van der Waals surface area contributed by atoms with Gasteiger partial charge in [-0.25, -0.2) is 9.78 Å². The Labute approximate surface area is 207 Å². The van der Waals surface area contributed by atoms with Crippen LogP contribution < -0.4 is 21.7 Å². The molecule has 0 aliphatic rings. The lowest BCUT2D eigenvalue weighted by Gasteiger charge is -2.24. The Hall–Kier alpha value is -3.03. The molecular formula is C21H28N6O5S2. The van der Waals surface area contributed by atoms with Gasteiger partial charge in [0, 0.05) is 36.2 Å². The summed E-state index contributed by atoms with van der Waals surface area (Å²) >= 11 is 8.11. The smallest absolute Gasteiger partial charge is 0.326 e. The zero-order valence-electron chi connectivity index (χ0n) is 18.2. The van der Waals surface area contributed by atoms with Gasteiger partial charge in [-0.2, -0.15) is 25.3 Å². The Bertz CT molecular complexity index is 960. The molecule has 2 aromatic rings. The van der Waals surface area contributed by atoms with Crippen LogP contribution in [0.4, 0.5) is 0 Å². The van der Waals surface area contributed by atoms with Crippen molar-refractivity contribution < 1.29 is 24.3 Å². The molecule has 0 radical (unpaired) electrons. The first-order valence-corrected chi connectivity index (χ1v) is 11.6. The van der Waals surface area contributed by atoms with Gasteiger partial charge in [-0.1, -0.05) is 30.3 Å². The van der Waals surface area contributed by atoms with E-state index in [-0.39, 0.29) is 24.3 Å². The lowest BCUT2D eigenvalue weighted by Crippen LogP contribution is -2.58. The Morgan fingerprint density at radius 1 is 0.912 bits per heavy atom. The standard InChI is InChI=1S/C21H28N6O5S2/c22-14(9-33)18(28)25-15(7-13-8-23-11-24-13)19(29)27-17(10-34)20(30)26-16(21(31)32)6-12-4-2-1-3-5-12/h1-5,8,11,14-17,33-34H,6-7,9-10,22H2,(H,23,24)(H,25,28)(H,26,30)(H,27,29)(H,31,32). The molecular weight excluding hydrogens is 480 g/mol. The number of carboxylic acids is 1. The van der Waals surface area contributed by atoms with Crippen LogP contribution in [-0.4, -0.2) is 74.4 Å². The minimum Gasteiger partial charge on any atom is -0.480 e. The van der Waals surface area contributed by atoms with Gasteiger partial charge in [-0.15, -0.1) is 0 Å². The van der Waals surface area contributed by atoms with Gasteiger partial charge in [-0.05, 0) is 5.56 Å². The summed E-state index contributed by atoms with van der Waals surface area (Å²) < 4.78 is 0. The molecule has 11 nitrogen and oxygen atoms in total. The summed E-state index contributed by atoms with van der Waals surface area (Å²) in [7, 11) is 0. The highest BCUT2D eigenvalue weighted by atomic mass is 32.1. The second-order valence-electron chi connectivity index (χ2n) is 7.46. The monoisotopic (exact) mass is 508 g/mol. The number of hydrogen-bond donors (Lipinski definition) is 8. The summed E-state index contributed by atoms with van der Waals surface area (Å²) in [6.07, 6.45) is 3.04. The molecule has 0 bridgehead atoms. The number of aromatic nitrogens is 2. The zero-order valence-corrected chi connectivity index (χ0v) is 20.0. The number of aliphatic carboxylic acids is 1. The third-order valence-corrected chi connectivity index (χ3v) is 5.62. The number of nitrogens with zero attached hydrogens (tertiary/aromatic N) is 1. The lowest BCUT2D eigenvalue weighted by atomic mass is 10.1. The predicted molar refractivity (Wildman–Crippen MR) is 132 cm³/mol. The number of rotatable bonds is 13. The van der Waals surface area contributed by atoms with Crippen LogP contribution in [0.3, 0.4) is 0 Å². The van der Waals surface area contributed by atoms with Crippen molar-refractivity contribution in [3.8, 4) is 0 Å². The Morgan fingerprint density at radius 3 is 2.09 bits per heavy atom. The highest BCUT2D eigenvalue weighted by molar-refractivity contribution is 7.80. The van der Waals surface area contributed by atoms with E-state index in [9.17, 15) is 24.3 Å². The molecule has 2 rings (SSSR count). The van der Waals surface area contributed by atoms with Crippen molar-refractivity contribution in [1.29, 1.82) is 0 Å². The summed E-state index contributed by atoms with van der Waals surface area (Å²) in [5, 5.41) is 17.0. The van der Waals surface area contributed by atoms with Crippen LogP contribution in [0.15, 0.2) is 42.9 Å². The fraction of sp³-hybridized carbons (Fsp3) is 0.381. The second-order valence-corrected chi connectivity index (χ2v) is 8.19. The average Bonchev–Trinajstić information content (AvgIpc) is 3.34. The first-order valence-electron chi connectivity index (χ1n) is 10.4. The largest absolute Gasteiger partial charge is 0.480 e. The molecule has 34 heavy (non-hydrogen) atoms. The average molecular weight is 509 g/mol. The number of aromatic amines is 1. The predicted octanol–water partition coefficient (Wildman–Crippen LogP) is -1.08. The molecule has 0 saturated heterocycles. The number of nitrogens with one attached hydrogen (secondary N) is 4. The van der Waals surface area contributed by atoms with Crippen LogP contribution >= 0.6 is 25.3 Å². The molecule has 3 amide bonds. The molecule has 0 fully saturated rings. The van der Waals surface area contributed by atoms with E-state index >= 15 is 0 Å². The minimum absolute atomic E-state index is 0.0591. The molecule has 1 aromatic carbocycles. The third kappa shape index (κ3) is 8.39. The van der Waals surface area contributed by atoms with Crippen LogP contribution in [0.2, 0.25) is 0 Å². The molecule has 13 heteroatoms. The maximum atomic E-state index is 13.0. The normalized spacial score (nSPS) is 14.3. The molecule has 184 valence electrons. The van der Waals surface area contributed by atoms with Crippen molar-refractivity contribution in [3.63, 3.8) is 0 Å². The topological polar surface area (TPSA) is 179 Å². The molecule has 0 aliphatic carbocycles. The van der Waals surface area contributed by atoms with Gasteiger partial charge in [0.05, 0.1) is 12.4 Å². The Kier molecular flexibility index (Phi) is 10.9. The number of carbonyl (C=O) groups excluding carboxylic acids is 3. The van der Waals surface area contributed by atoms with E-state index in [1.165, 1.54) is 12.5 Å². The second kappa shape index (κ2) is 13.6. The lowest BCUT2D eigenvalue weighted by molar-refractivity contribution is -0.142. The first kappa shape index (κ1) is 27.2. The van der Waals surface area contributed by atoms with Crippen LogP contribution in [-0.2, 0) is 32.0 Å². The molecule has 0 saturated carbocycles. The quantitative estimate of drug-likeness (QED) is 0.159. The number of H-pyrrole nitrogens is 1. The molecule has 4 unspecified atom stereocenters. The Morgan fingerprint density at radius 2 is 1.53 bits per heavy atom. The minimum atomic E-state index is -1.22. The summed E-state index contributed by atoms with van der Waals surface area (Å²) in [5.41, 5.74) is 6.98. The summed E-state index contributed by atoms with van der Waals surface area (Å²) in [6.45, 7) is 0. The number of thiol groups is 2. The van der Waals surface area contributed by atoms with E-state index in [1.54, 1.807) is 30.3 Å². The highest BCUT2D eigenvalue weighted by Crippen LogP contribution is 2.05. The van der Waals surface area contributed by atoms with Gasteiger partial charge >= 0.3 is 5.97 Å². The van der Waals surface area contributed by atoms with Crippen molar-refractivity contribution in [2.24, 2.45) is 5.73 Å². The van der Waals surface area contributed by atoms with Gasteiger partial charge in [0.25, 0.3) is 0 Å². The maximum absolute atomic E-state index is 13.0. The van der Waals surface area contributed by atoms with Crippen LogP contribution in [0, 0.1) is 0 Å². The molecule has 1 aromatic heterocycles. The molecule has 0 aliphatic heterocycles. The third-order valence-electron chi connectivity index (χ3n) is 4.86. The van der Waals surface area contributed by atoms with Crippen LogP contribution in [0.5, 0.6) is 0 Å². The number of imidazole rings is 1. The molecule has 0 spiro atoms. The van der Waals surface area contributed by atoms with Crippen LogP contribution in [0.25, 0.3) is 0 Å². The van der Waals surface area contributed by atoms with E-state index in [1.807, 2.05) is 0 Å². The van der Waals surface area contributed by atoms with Gasteiger partial charge in [0.15, 0.2) is 0 Å². The van der Waals surface area contributed by atoms with E-state index in [4.69, 9.17) is 5.73 Å². The number of nitrogens with two attached hydrogens (primary N) is 1. The van der Waals surface area contributed by atoms with Gasteiger partial charge in [0.2, 0.25) is 17.7 Å². The van der Waals surface area contributed by atoms with Crippen molar-refractivity contribution in [2.45, 2.75) is 37.0 Å². The van der Waals surface area contributed by atoms with E-state index in [2.05, 4.69) is 51.2 Å². The van der Waals surface area contributed by atoms with Crippen LogP contribution in [0.1, 0.15) is 11.3 Å². The number of amides is 3. The number of hydrogen-bond acceptors (Lipinski definition) is 8. The van der Waals surface area contributed by atoms with Crippen molar-refractivity contribution >= 4 is 48.9 Å². The fourth-order valence-electron chi connectivity index (χ4n) is 2.98. The van der Waals surface area contributed by atoms with Gasteiger partial charge < -0.3 is 31.8 Å². The number of carboxylic acid groups (broad SMARTS) is 1. The van der Waals surface area contributed by atoms with E-state index < -0.39 is 47.9 Å². The maximum Gasteiger partial charge on any atom is 0.326 e. The zero-order chi connectivity index (χ0) is 25.1. The molecule has 1 heterocycles. The van der Waals surface area contributed by atoms with Crippen molar-refractivity contribution in [1.82, 2.24) is 25.9 Å². The summed E-state index contributed by atoms with van der Waals surface area (Å²) in [4.78, 5) is 56.4. The molecule has 4 atom stereocenters. The van der Waals surface area contributed by atoms with Crippen molar-refractivity contribution in [2.75, 3.05) is 11.5 Å². The summed E-state index contributed by atoms with van der Waals surface area (Å²) in [6, 6.07) is 4.47. The van der Waals surface area contributed by atoms with E-state index in [0.29, 0.717) is 5.69 Å². The highest BCUT2D eigenvalue weighted by Gasteiger charge is 2.30. The first-order chi connectivity index (χ1) is 16.2. The molecule has 7 N–H and O–H groups in total. The van der Waals surface area contributed by atoms with Crippen molar-refractivity contribution in [3.05, 3.63) is 54.1 Å². The number of benzene rings is 1. The Balaban J connectivity index is 2.08. The SMILES string of the molecule is NC(CS)C(=O)NC(Cc1cnc[nH]1)C(=O)NC(CS)C(=O)NC(Cc1ccccc1)C(=O)O.